The fraction of sp³-hybridized carbons (Fsp3) is 1.00. The van der Waals surface area contributed by atoms with Gasteiger partial charge in [0.2, 0.25) is 0 Å². The zero-order chi connectivity index (χ0) is 8.85. The van der Waals surface area contributed by atoms with Crippen LogP contribution >= 0.6 is 0 Å². The van der Waals surface area contributed by atoms with Crippen LogP contribution in [0.1, 0.15) is 27.2 Å². The van der Waals surface area contributed by atoms with E-state index < -0.39 is 0 Å². The van der Waals surface area contributed by atoms with E-state index in [1.807, 2.05) is 13.8 Å². The lowest BCUT2D eigenvalue weighted by Gasteiger charge is -2.31. The maximum Gasteiger partial charge on any atom is 0.0590 e. The molecule has 1 rings (SSSR count). The van der Waals surface area contributed by atoms with Crippen LogP contribution in [0.15, 0.2) is 0 Å². The molecular formula is C9H21NO. The first-order chi connectivity index (χ1) is 5.20. The number of piperidine rings is 1. The zero-order valence-electron chi connectivity index (χ0n) is 8.17. The molecule has 1 heterocycles. The summed E-state index contributed by atoms with van der Waals surface area (Å²) in [7, 11) is 2.10. The van der Waals surface area contributed by atoms with Crippen molar-refractivity contribution < 1.29 is 5.11 Å². The highest BCUT2D eigenvalue weighted by molar-refractivity contribution is 4.74. The van der Waals surface area contributed by atoms with Crippen LogP contribution in [0.4, 0.5) is 0 Å². The second kappa shape index (κ2) is 5.56. The van der Waals surface area contributed by atoms with Gasteiger partial charge in [-0.25, -0.2) is 0 Å². The smallest absolute Gasteiger partial charge is 0.0590 e. The summed E-state index contributed by atoms with van der Waals surface area (Å²) in [4.78, 5) is 2.26. The van der Waals surface area contributed by atoms with E-state index in [1.54, 1.807) is 0 Å². The third-order valence-electron chi connectivity index (χ3n) is 2.06. The second-order valence-electron chi connectivity index (χ2n) is 3.10. The van der Waals surface area contributed by atoms with Gasteiger partial charge in [0.25, 0.3) is 0 Å². The second-order valence-corrected chi connectivity index (χ2v) is 3.10. The summed E-state index contributed by atoms with van der Waals surface area (Å²) in [5.74, 6) is 0.462. The summed E-state index contributed by atoms with van der Waals surface area (Å²) in [6.45, 7) is 8.19. The van der Waals surface area contributed by atoms with Crippen molar-refractivity contribution >= 4 is 0 Å². The summed E-state index contributed by atoms with van der Waals surface area (Å²) < 4.78 is 0. The molecule has 1 saturated heterocycles. The molecule has 0 saturated carbocycles. The Morgan fingerprint density at radius 1 is 1.36 bits per heavy atom. The standard InChI is InChI=1S/C7H15NO.C2H6/c1-6-5-8(2)4-3-7(6)9;1-2/h6-7,9H,3-5H2,1-2H3;1-2H3. The van der Waals surface area contributed by atoms with E-state index in [4.69, 9.17) is 0 Å². The first kappa shape index (κ1) is 10.9. The summed E-state index contributed by atoms with van der Waals surface area (Å²) in [6, 6.07) is 0. The average molecular weight is 159 g/mol. The van der Waals surface area contributed by atoms with Gasteiger partial charge in [0.15, 0.2) is 0 Å². The normalized spacial score (nSPS) is 32.5. The number of nitrogens with zero attached hydrogens (tertiary/aromatic N) is 1. The van der Waals surface area contributed by atoms with E-state index in [-0.39, 0.29) is 6.10 Å². The molecule has 0 spiro atoms. The molecule has 0 aromatic rings. The van der Waals surface area contributed by atoms with Gasteiger partial charge in [-0.05, 0) is 19.4 Å². The van der Waals surface area contributed by atoms with Gasteiger partial charge in [-0.3, -0.25) is 0 Å². The molecule has 1 aliphatic rings. The molecule has 1 aliphatic heterocycles. The quantitative estimate of drug-likeness (QED) is 0.576. The van der Waals surface area contributed by atoms with Crippen molar-refractivity contribution in [3.8, 4) is 0 Å². The Morgan fingerprint density at radius 2 is 1.91 bits per heavy atom. The van der Waals surface area contributed by atoms with Crippen LogP contribution in [0.25, 0.3) is 0 Å². The highest BCUT2D eigenvalue weighted by Gasteiger charge is 2.21. The van der Waals surface area contributed by atoms with Gasteiger partial charge in [0.1, 0.15) is 0 Å². The Morgan fingerprint density at radius 3 is 2.27 bits per heavy atom. The molecule has 2 heteroatoms. The van der Waals surface area contributed by atoms with Crippen LogP contribution in [0.2, 0.25) is 0 Å². The van der Waals surface area contributed by atoms with Crippen LogP contribution in [-0.2, 0) is 0 Å². The van der Waals surface area contributed by atoms with Crippen molar-refractivity contribution in [2.24, 2.45) is 5.92 Å². The number of rotatable bonds is 0. The van der Waals surface area contributed by atoms with Crippen LogP contribution in [0, 0.1) is 5.92 Å². The lowest BCUT2D eigenvalue weighted by molar-refractivity contribution is 0.0451. The van der Waals surface area contributed by atoms with Crippen LogP contribution in [0.3, 0.4) is 0 Å². The van der Waals surface area contributed by atoms with Crippen molar-refractivity contribution in [1.29, 1.82) is 0 Å². The number of hydrogen-bond donors (Lipinski definition) is 1. The third kappa shape index (κ3) is 3.73. The fourth-order valence-corrected chi connectivity index (χ4v) is 1.34. The molecule has 11 heavy (non-hydrogen) atoms. The topological polar surface area (TPSA) is 23.5 Å². The Balaban J connectivity index is 0.000000461. The largest absolute Gasteiger partial charge is 0.393 e. The number of likely N-dealkylation sites (tertiary alicyclic amines) is 1. The van der Waals surface area contributed by atoms with Gasteiger partial charge >= 0.3 is 0 Å². The van der Waals surface area contributed by atoms with E-state index in [2.05, 4.69) is 18.9 Å². The first-order valence-electron chi connectivity index (χ1n) is 4.57. The van der Waals surface area contributed by atoms with Gasteiger partial charge in [-0.1, -0.05) is 20.8 Å². The van der Waals surface area contributed by atoms with E-state index in [0.717, 1.165) is 19.5 Å². The zero-order valence-corrected chi connectivity index (χ0v) is 8.17. The van der Waals surface area contributed by atoms with Crippen molar-refractivity contribution in [1.82, 2.24) is 4.90 Å². The van der Waals surface area contributed by atoms with Crippen LogP contribution < -0.4 is 0 Å². The van der Waals surface area contributed by atoms with Crippen molar-refractivity contribution in [2.45, 2.75) is 33.3 Å². The Bertz CT molecular complexity index is 95.6. The molecule has 0 aliphatic carbocycles. The molecule has 1 N–H and O–H groups in total. The van der Waals surface area contributed by atoms with Gasteiger partial charge in [0, 0.05) is 13.1 Å². The average Bonchev–Trinajstić information content (AvgIpc) is 2.02. The highest BCUT2D eigenvalue weighted by Crippen LogP contribution is 2.14. The monoisotopic (exact) mass is 159 g/mol. The first-order valence-corrected chi connectivity index (χ1v) is 4.57. The molecule has 0 radical (unpaired) electrons. The number of aliphatic hydroxyl groups is 1. The molecule has 0 aromatic carbocycles. The van der Waals surface area contributed by atoms with Crippen molar-refractivity contribution in [2.75, 3.05) is 20.1 Å². The van der Waals surface area contributed by atoms with Gasteiger partial charge in [0.05, 0.1) is 6.10 Å². The minimum absolute atomic E-state index is 0.0544. The Kier molecular flexibility index (Phi) is 5.51. The van der Waals surface area contributed by atoms with E-state index in [1.165, 1.54) is 0 Å². The summed E-state index contributed by atoms with van der Waals surface area (Å²) >= 11 is 0. The maximum absolute atomic E-state index is 9.27. The Labute approximate surface area is 70.2 Å². The molecule has 2 nitrogen and oxygen atoms in total. The lowest BCUT2D eigenvalue weighted by Crippen LogP contribution is -2.39. The van der Waals surface area contributed by atoms with Crippen LogP contribution in [-0.4, -0.2) is 36.2 Å². The SMILES string of the molecule is CC.CC1CN(C)CCC1O. The van der Waals surface area contributed by atoms with Crippen molar-refractivity contribution in [3.63, 3.8) is 0 Å². The van der Waals surface area contributed by atoms with E-state index in [9.17, 15) is 5.11 Å². The molecule has 0 amide bonds. The van der Waals surface area contributed by atoms with Gasteiger partial charge < -0.3 is 10.0 Å². The lowest BCUT2D eigenvalue weighted by atomic mass is 9.97. The highest BCUT2D eigenvalue weighted by atomic mass is 16.3. The minimum Gasteiger partial charge on any atom is -0.393 e. The summed E-state index contributed by atoms with van der Waals surface area (Å²) in [6.07, 6.45) is 0.888. The summed E-state index contributed by atoms with van der Waals surface area (Å²) in [5.41, 5.74) is 0. The van der Waals surface area contributed by atoms with E-state index in [0.29, 0.717) is 5.92 Å². The molecule has 2 unspecified atom stereocenters. The number of hydrogen-bond acceptors (Lipinski definition) is 2. The predicted octanol–water partition coefficient (Wildman–Crippen LogP) is 1.35. The molecule has 1 fully saturated rings. The molecule has 68 valence electrons. The fourth-order valence-electron chi connectivity index (χ4n) is 1.34. The van der Waals surface area contributed by atoms with Crippen molar-refractivity contribution in [3.05, 3.63) is 0 Å². The molecular weight excluding hydrogens is 138 g/mol. The van der Waals surface area contributed by atoms with E-state index >= 15 is 0 Å². The van der Waals surface area contributed by atoms with Crippen LogP contribution in [0.5, 0.6) is 0 Å². The Hall–Kier alpha value is -0.0800. The number of aliphatic hydroxyl groups excluding tert-OH is 1. The molecule has 0 aromatic heterocycles. The van der Waals surface area contributed by atoms with Gasteiger partial charge in [-0.15, -0.1) is 0 Å². The third-order valence-corrected chi connectivity index (χ3v) is 2.06. The maximum atomic E-state index is 9.27. The predicted molar refractivity (Wildman–Crippen MR) is 48.6 cm³/mol. The van der Waals surface area contributed by atoms with Gasteiger partial charge in [-0.2, -0.15) is 0 Å². The summed E-state index contributed by atoms with van der Waals surface area (Å²) in [5, 5.41) is 9.27. The minimum atomic E-state index is -0.0544. The molecule has 0 bridgehead atoms. The molecule has 2 atom stereocenters.